The summed E-state index contributed by atoms with van der Waals surface area (Å²) >= 11 is 5.69. The van der Waals surface area contributed by atoms with Gasteiger partial charge in [0.1, 0.15) is 11.4 Å². The molecule has 0 aliphatic heterocycles. The van der Waals surface area contributed by atoms with Crippen molar-refractivity contribution in [3.8, 4) is 0 Å². The Hall–Kier alpha value is -3.00. The predicted molar refractivity (Wildman–Crippen MR) is 92.8 cm³/mol. The first kappa shape index (κ1) is 19.3. The van der Waals surface area contributed by atoms with Gasteiger partial charge < -0.3 is 9.64 Å². The Kier molecular flexibility index (Phi) is 6.24. The van der Waals surface area contributed by atoms with Crippen LogP contribution >= 0.6 is 11.6 Å². The molecule has 136 valence electrons. The maximum absolute atomic E-state index is 13.0. The van der Waals surface area contributed by atoms with E-state index in [9.17, 15) is 24.1 Å². The van der Waals surface area contributed by atoms with Gasteiger partial charge in [0.15, 0.2) is 6.61 Å². The number of nitro groups is 1. The van der Waals surface area contributed by atoms with Crippen LogP contribution in [0.5, 0.6) is 0 Å². The zero-order valence-electron chi connectivity index (χ0n) is 13.6. The van der Waals surface area contributed by atoms with Crippen LogP contribution in [0.25, 0.3) is 0 Å². The average Bonchev–Trinajstić information content (AvgIpc) is 2.61. The summed E-state index contributed by atoms with van der Waals surface area (Å²) in [6, 6.07) is 8.74. The number of carbonyl (C=O) groups excluding carboxylic acids is 2. The number of halogens is 2. The number of amides is 1. The van der Waals surface area contributed by atoms with Gasteiger partial charge in [-0.05, 0) is 43.3 Å². The van der Waals surface area contributed by atoms with Crippen LogP contribution in [0.2, 0.25) is 5.02 Å². The summed E-state index contributed by atoms with van der Waals surface area (Å²) in [5.41, 5.74) is -0.384. The number of anilines is 1. The monoisotopic (exact) mass is 380 g/mol. The number of rotatable bonds is 6. The molecule has 9 heteroatoms. The minimum atomic E-state index is -1.02. The fourth-order valence-electron chi connectivity index (χ4n) is 2.24. The molecule has 0 spiro atoms. The number of hydrogen-bond acceptors (Lipinski definition) is 5. The van der Waals surface area contributed by atoms with Crippen LogP contribution in [-0.4, -0.2) is 30.0 Å². The molecular formula is C17H14ClFN2O5. The zero-order valence-corrected chi connectivity index (χ0v) is 14.4. The largest absolute Gasteiger partial charge is 0.452 e. The minimum Gasteiger partial charge on any atom is -0.452 e. The molecule has 0 heterocycles. The van der Waals surface area contributed by atoms with Crippen molar-refractivity contribution in [2.24, 2.45) is 0 Å². The van der Waals surface area contributed by atoms with Gasteiger partial charge in [0.25, 0.3) is 11.6 Å². The van der Waals surface area contributed by atoms with Crippen LogP contribution in [0.1, 0.15) is 17.3 Å². The van der Waals surface area contributed by atoms with E-state index < -0.39 is 34.9 Å². The van der Waals surface area contributed by atoms with Crippen molar-refractivity contribution in [1.82, 2.24) is 0 Å². The number of nitrogens with zero attached hydrogens (tertiary/aromatic N) is 2. The van der Waals surface area contributed by atoms with Gasteiger partial charge in [-0.1, -0.05) is 11.6 Å². The first-order valence-electron chi connectivity index (χ1n) is 7.50. The molecular weight excluding hydrogens is 367 g/mol. The molecule has 2 aromatic rings. The second-order valence-electron chi connectivity index (χ2n) is 5.11. The van der Waals surface area contributed by atoms with Crippen molar-refractivity contribution in [2.45, 2.75) is 6.92 Å². The molecule has 26 heavy (non-hydrogen) atoms. The summed E-state index contributed by atoms with van der Waals surface area (Å²) in [7, 11) is 0. The number of carbonyl (C=O) groups is 2. The fraction of sp³-hybridized carbons (Fsp3) is 0.176. The van der Waals surface area contributed by atoms with Gasteiger partial charge in [-0.15, -0.1) is 0 Å². The van der Waals surface area contributed by atoms with Crippen molar-refractivity contribution in [3.63, 3.8) is 0 Å². The van der Waals surface area contributed by atoms with E-state index in [-0.39, 0.29) is 17.1 Å². The molecule has 0 aliphatic rings. The van der Waals surface area contributed by atoms with E-state index in [1.165, 1.54) is 35.2 Å². The molecule has 0 saturated carbocycles. The summed E-state index contributed by atoms with van der Waals surface area (Å²) in [6.07, 6.45) is 0. The van der Waals surface area contributed by atoms with Crippen molar-refractivity contribution < 1.29 is 23.6 Å². The molecule has 0 radical (unpaired) electrons. The average molecular weight is 381 g/mol. The topological polar surface area (TPSA) is 89.8 Å². The summed E-state index contributed by atoms with van der Waals surface area (Å²) in [5.74, 6) is -2.01. The Labute approximate surface area is 153 Å². The first-order valence-corrected chi connectivity index (χ1v) is 7.88. The van der Waals surface area contributed by atoms with Crippen LogP contribution in [0, 0.1) is 15.9 Å². The third-order valence-electron chi connectivity index (χ3n) is 3.46. The van der Waals surface area contributed by atoms with Crippen LogP contribution in [0.3, 0.4) is 0 Å². The summed E-state index contributed by atoms with van der Waals surface area (Å²) < 4.78 is 17.9. The smallest absolute Gasteiger partial charge is 0.345 e. The molecule has 2 aromatic carbocycles. The molecule has 1 amide bonds. The third kappa shape index (κ3) is 4.54. The number of nitro benzene ring substituents is 1. The van der Waals surface area contributed by atoms with Gasteiger partial charge in [-0.2, -0.15) is 0 Å². The molecule has 7 nitrogen and oxygen atoms in total. The first-order chi connectivity index (χ1) is 12.3. The van der Waals surface area contributed by atoms with Crippen molar-refractivity contribution >= 4 is 34.9 Å². The summed E-state index contributed by atoms with van der Waals surface area (Å²) in [4.78, 5) is 35.9. The Balaban J connectivity index is 2.10. The number of hydrogen-bond donors (Lipinski definition) is 0. The van der Waals surface area contributed by atoms with Crippen LogP contribution < -0.4 is 4.90 Å². The van der Waals surface area contributed by atoms with E-state index in [4.69, 9.17) is 16.3 Å². The lowest BCUT2D eigenvalue weighted by atomic mass is 10.2. The Morgan fingerprint density at radius 2 is 1.88 bits per heavy atom. The standard InChI is InChI=1S/C17H14ClFN2O5/c1-2-20(13-6-4-12(19)5-7-13)16(22)10-26-17(23)14-8-3-11(18)9-15(14)21(24)25/h3-9H,2,10H2,1H3. The second kappa shape index (κ2) is 8.39. The zero-order chi connectivity index (χ0) is 19.3. The van der Waals surface area contributed by atoms with Crippen LogP contribution in [-0.2, 0) is 9.53 Å². The molecule has 0 aliphatic carbocycles. The van der Waals surface area contributed by atoms with Crippen molar-refractivity contribution in [1.29, 1.82) is 0 Å². The van der Waals surface area contributed by atoms with E-state index >= 15 is 0 Å². The molecule has 2 rings (SSSR count). The maximum atomic E-state index is 13.0. The highest BCUT2D eigenvalue weighted by molar-refractivity contribution is 6.31. The molecule has 0 bridgehead atoms. The third-order valence-corrected chi connectivity index (χ3v) is 3.69. The molecule has 0 N–H and O–H groups in total. The Bertz CT molecular complexity index is 842. The second-order valence-corrected chi connectivity index (χ2v) is 5.55. The minimum absolute atomic E-state index is 0.0952. The van der Waals surface area contributed by atoms with E-state index in [0.29, 0.717) is 5.69 Å². The quantitative estimate of drug-likeness (QED) is 0.434. The number of ether oxygens (including phenoxy) is 1. The highest BCUT2D eigenvalue weighted by Crippen LogP contribution is 2.24. The Morgan fingerprint density at radius 1 is 1.23 bits per heavy atom. The predicted octanol–water partition coefficient (Wildman–Crippen LogP) is 3.60. The van der Waals surface area contributed by atoms with Crippen molar-refractivity contribution in [3.05, 3.63) is 69.0 Å². The highest BCUT2D eigenvalue weighted by atomic mass is 35.5. The van der Waals surface area contributed by atoms with Gasteiger partial charge in [-0.3, -0.25) is 14.9 Å². The van der Waals surface area contributed by atoms with Crippen LogP contribution in [0.15, 0.2) is 42.5 Å². The van der Waals surface area contributed by atoms with E-state index in [1.807, 2.05) is 0 Å². The molecule has 0 unspecified atom stereocenters. The number of esters is 1. The molecule has 0 fully saturated rings. The summed E-state index contributed by atoms with van der Waals surface area (Å²) in [6.45, 7) is 1.35. The number of likely N-dealkylation sites (N-methyl/N-ethyl adjacent to an activating group) is 1. The van der Waals surface area contributed by atoms with E-state index in [1.54, 1.807) is 6.92 Å². The van der Waals surface area contributed by atoms with Crippen molar-refractivity contribution in [2.75, 3.05) is 18.1 Å². The number of benzene rings is 2. The van der Waals surface area contributed by atoms with Gasteiger partial charge in [0.05, 0.1) is 4.92 Å². The lowest BCUT2D eigenvalue weighted by molar-refractivity contribution is -0.385. The van der Waals surface area contributed by atoms with Gasteiger partial charge >= 0.3 is 5.97 Å². The highest BCUT2D eigenvalue weighted by Gasteiger charge is 2.23. The Morgan fingerprint density at radius 3 is 2.46 bits per heavy atom. The molecule has 0 aromatic heterocycles. The van der Waals surface area contributed by atoms with E-state index in [0.717, 1.165) is 12.1 Å². The fourth-order valence-corrected chi connectivity index (χ4v) is 2.40. The summed E-state index contributed by atoms with van der Waals surface area (Å²) in [5, 5.41) is 11.1. The maximum Gasteiger partial charge on any atom is 0.345 e. The van der Waals surface area contributed by atoms with Gasteiger partial charge in [0, 0.05) is 23.3 Å². The SMILES string of the molecule is CCN(C(=O)COC(=O)c1ccc(Cl)cc1[N+](=O)[O-])c1ccc(F)cc1. The normalized spacial score (nSPS) is 10.3. The van der Waals surface area contributed by atoms with Gasteiger partial charge in [-0.25, -0.2) is 9.18 Å². The van der Waals surface area contributed by atoms with Crippen LogP contribution in [0.4, 0.5) is 15.8 Å². The van der Waals surface area contributed by atoms with Gasteiger partial charge in [0.2, 0.25) is 0 Å². The lowest BCUT2D eigenvalue weighted by Crippen LogP contribution is -2.34. The molecule has 0 atom stereocenters. The molecule has 0 saturated heterocycles. The van der Waals surface area contributed by atoms with E-state index in [2.05, 4.69) is 0 Å². The lowest BCUT2D eigenvalue weighted by Gasteiger charge is -2.20.